The lowest BCUT2D eigenvalue weighted by molar-refractivity contribution is 0.827. The Morgan fingerprint density at radius 1 is 0.462 bits per heavy atom. The molecule has 8 aromatic carbocycles. The monoisotopic (exact) mass is 664 g/mol. The molecule has 10 rings (SSSR count). The van der Waals surface area contributed by atoms with Gasteiger partial charge in [-0.3, -0.25) is 0 Å². The lowest BCUT2D eigenvalue weighted by atomic mass is 9.85. The maximum atomic E-state index is 2.41. The Balaban J connectivity index is 1.07. The van der Waals surface area contributed by atoms with Gasteiger partial charge in [0.2, 0.25) is 0 Å². The summed E-state index contributed by atoms with van der Waals surface area (Å²) in [6, 6.07) is 68.6. The minimum atomic E-state index is 0.362. The third kappa shape index (κ3) is 5.28. The van der Waals surface area contributed by atoms with E-state index in [9.17, 15) is 0 Å². The molecular formula is C50H36N2. The molecule has 0 aliphatic heterocycles. The third-order valence-corrected chi connectivity index (χ3v) is 10.7. The molecule has 0 amide bonds. The SMILES string of the molecule is C1=CC(c2ccc(N(c3ccc(-n4c5ccccc5c5cc6ccccc6cc54)cc3)c3cccc(-c4ccccc4)c3)cc2)Cc2ccccc21. The molecule has 1 unspecified atom stereocenters. The van der Waals surface area contributed by atoms with Gasteiger partial charge in [0, 0.05) is 39.4 Å². The smallest absolute Gasteiger partial charge is 0.0547 e. The first-order valence-electron chi connectivity index (χ1n) is 18.1. The van der Waals surface area contributed by atoms with E-state index in [1.807, 2.05) is 0 Å². The van der Waals surface area contributed by atoms with Crippen molar-refractivity contribution in [2.75, 3.05) is 4.90 Å². The number of allylic oxidation sites excluding steroid dienone is 1. The molecule has 52 heavy (non-hydrogen) atoms. The van der Waals surface area contributed by atoms with Crippen molar-refractivity contribution in [3.05, 3.63) is 211 Å². The molecule has 1 aliphatic carbocycles. The summed E-state index contributed by atoms with van der Waals surface area (Å²) in [6.45, 7) is 0. The van der Waals surface area contributed by atoms with Gasteiger partial charge in [0.15, 0.2) is 0 Å². The van der Waals surface area contributed by atoms with Gasteiger partial charge in [-0.1, -0.05) is 133 Å². The Morgan fingerprint density at radius 3 is 1.96 bits per heavy atom. The van der Waals surface area contributed by atoms with Crippen LogP contribution in [0.5, 0.6) is 0 Å². The molecule has 2 heteroatoms. The Hall–Kier alpha value is -6.64. The van der Waals surface area contributed by atoms with Crippen LogP contribution >= 0.6 is 0 Å². The van der Waals surface area contributed by atoms with Gasteiger partial charge in [-0.25, -0.2) is 0 Å². The molecule has 0 radical (unpaired) electrons. The first-order chi connectivity index (χ1) is 25.8. The Kier molecular flexibility index (Phi) is 7.32. The van der Waals surface area contributed by atoms with E-state index in [4.69, 9.17) is 0 Å². The van der Waals surface area contributed by atoms with Crippen LogP contribution in [0, 0.1) is 0 Å². The number of nitrogens with zero attached hydrogens (tertiary/aromatic N) is 2. The van der Waals surface area contributed by atoms with Crippen molar-refractivity contribution in [1.29, 1.82) is 0 Å². The number of hydrogen-bond acceptors (Lipinski definition) is 1. The molecule has 0 saturated heterocycles. The zero-order valence-corrected chi connectivity index (χ0v) is 28.7. The number of benzene rings is 8. The van der Waals surface area contributed by atoms with Crippen molar-refractivity contribution >= 4 is 55.7 Å². The van der Waals surface area contributed by atoms with Crippen LogP contribution in [0.1, 0.15) is 22.6 Å². The lowest BCUT2D eigenvalue weighted by Gasteiger charge is -2.27. The maximum Gasteiger partial charge on any atom is 0.0547 e. The van der Waals surface area contributed by atoms with Gasteiger partial charge in [0.05, 0.1) is 11.0 Å². The number of aromatic nitrogens is 1. The van der Waals surface area contributed by atoms with Gasteiger partial charge < -0.3 is 9.47 Å². The predicted octanol–water partition coefficient (Wildman–Crippen LogP) is 13.4. The first-order valence-corrected chi connectivity index (χ1v) is 18.1. The van der Waals surface area contributed by atoms with Crippen LogP contribution in [0.2, 0.25) is 0 Å². The van der Waals surface area contributed by atoms with Crippen molar-refractivity contribution in [3.8, 4) is 16.8 Å². The van der Waals surface area contributed by atoms with Crippen molar-refractivity contribution in [2.45, 2.75) is 12.3 Å². The van der Waals surface area contributed by atoms with E-state index in [0.29, 0.717) is 5.92 Å². The summed E-state index contributed by atoms with van der Waals surface area (Å²) in [5.41, 5.74) is 13.4. The molecule has 1 atom stereocenters. The second kappa shape index (κ2) is 12.6. The third-order valence-electron chi connectivity index (χ3n) is 10.7. The van der Waals surface area contributed by atoms with Crippen LogP contribution in [0.15, 0.2) is 194 Å². The largest absolute Gasteiger partial charge is 0.310 e. The molecule has 0 spiro atoms. The highest BCUT2D eigenvalue weighted by atomic mass is 15.1. The molecule has 0 bridgehead atoms. The van der Waals surface area contributed by atoms with E-state index in [-0.39, 0.29) is 0 Å². The molecule has 1 heterocycles. The van der Waals surface area contributed by atoms with Crippen LogP contribution in [0.25, 0.3) is 55.5 Å². The Morgan fingerprint density at radius 2 is 1.13 bits per heavy atom. The summed E-state index contributed by atoms with van der Waals surface area (Å²) in [5, 5.41) is 5.05. The summed E-state index contributed by atoms with van der Waals surface area (Å²) in [6.07, 6.45) is 5.66. The van der Waals surface area contributed by atoms with Gasteiger partial charge in [-0.2, -0.15) is 0 Å². The van der Waals surface area contributed by atoms with Crippen LogP contribution in [-0.4, -0.2) is 4.57 Å². The second-order valence-electron chi connectivity index (χ2n) is 13.8. The number of hydrogen-bond donors (Lipinski definition) is 0. The van der Waals surface area contributed by atoms with E-state index >= 15 is 0 Å². The summed E-state index contributed by atoms with van der Waals surface area (Å²) in [7, 11) is 0. The zero-order valence-electron chi connectivity index (χ0n) is 28.7. The minimum absolute atomic E-state index is 0.362. The molecule has 1 aliphatic rings. The molecule has 0 fully saturated rings. The van der Waals surface area contributed by atoms with Gasteiger partial charge >= 0.3 is 0 Å². The second-order valence-corrected chi connectivity index (χ2v) is 13.8. The average Bonchev–Trinajstić information content (AvgIpc) is 3.54. The first kappa shape index (κ1) is 30.2. The van der Waals surface area contributed by atoms with Gasteiger partial charge in [-0.05, 0) is 112 Å². The number of fused-ring (bicyclic) bond motifs is 5. The molecular weight excluding hydrogens is 629 g/mol. The topological polar surface area (TPSA) is 8.17 Å². The summed E-state index contributed by atoms with van der Waals surface area (Å²) in [4.78, 5) is 2.38. The molecule has 9 aromatic rings. The van der Waals surface area contributed by atoms with Gasteiger partial charge in [-0.15, -0.1) is 0 Å². The fraction of sp³-hybridized carbons (Fsp3) is 0.0400. The summed E-state index contributed by atoms with van der Waals surface area (Å²) < 4.78 is 2.41. The predicted molar refractivity (Wildman–Crippen MR) is 220 cm³/mol. The molecule has 2 nitrogen and oxygen atoms in total. The highest BCUT2D eigenvalue weighted by Gasteiger charge is 2.19. The molecule has 0 N–H and O–H groups in total. The van der Waals surface area contributed by atoms with Crippen molar-refractivity contribution in [3.63, 3.8) is 0 Å². The molecule has 246 valence electrons. The number of para-hydroxylation sites is 1. The van der Waals surface area contributed by atoms with Crippen LogP contribution in [0.4, 0.5) is 17.1 Å². The quantitative estimate of drug-likeness (QED) is 0.172. The van der Waals surface area contributed by atoms with E-state index in [2.05, 4.69) is 210 Å². The van der Waals surface area contributed by atoms with E-state index in [1.54, 1.807) is 0 Å². The molecule has 0 saturated carbocycles. The van der Waals surface area contributed by atoms with Gasteiger partial charge in [0.1, 0.15) is 0 Å². The molecule has 1 aromatic heterocycles. The van der Waals surface area contributed by atoms with Gasteiger partial charge in [0.25, 0.3) is 0 Å². The zero-order chi connectivity index (χ0) is 34.4. The highest BCUT2D eigenvalue weighted by molar-refractivity contribution is 6.13. The Labute approximate surface area is 304 Å². The fourth-order valence-electron chi connectivity index (χ4n) is 8.09. The minimum Gasteiger partial charge on any atom is -0.310 e. The van der Waals surface area contributed by atoms with Crippen molar-refractivity contribution < 1.29 is 0 Å². The number of rotatable bonds is 6. The maximum absolute atomic E-state index is 2.41. The highest BCUT2D eigenvalue weighted by Crippen LogP contribution is 2.40. The van der Waals surface area contributed by atoms with E-state index in [1.165, 1.54) is 60.4 Å². The normalized spacial score (nSPS) is 13.8. The Bertz CT molecular complexity index is 2750. The number of anilines is 3. The van der Waals surface area contributed by atoms with Crippen LogP contribution in [-0.2, 0) is 6.42 Å². The summed E-state index contributed by atoms with van der Waals surface area (Å²) in [5.74, 6) is 0.362. The van der Waals surface area contributed by atoms with Crippen LogP contribution in [0.3, 0.4) is 0 Å². The van der Waals surface area contributed by atoms with E-state index in [0.717, 1.165) is 29.2 Å². The fourth-order valence-corrected chi connectivity index (χ4v) is 8.09. The lowest BCUT2D eigenvalue weighted by Crippen LogP contribution is -2.11. The van der Waals surface area contributed by atoms with Crippen LogP contribution < -0.4 is 4.90 Å². The van der Waals surface area contributed by atoms with Crippen molar-refractivity contribution in [1.82, 2.24) is 4.57 Å². The standard InChI is InChI=1S/C50H36N2/c1-2-11-35(12-3-1)39-17-10-18-46(32-39)51(43-25-23-37(24-26-43)42-22-21-36-13-4-5-14-38(36)31-42)44-27-29-45(30-28-44)52-49-20-9-8-19-47(49)48-33-40-15-6-7-16-41(40)34-50(48)52/h1-30,32-34,42H,31H2. The van der Waals surface area contributed by atoms with E-state index < -0.39 is 0 Å². The summed E-state index contributed by atoms with van der Waals surface area (Å²) >= 11 is 0. The average molecular weight is 665 g/mol. The van der Waals surface area contributed by atoms with Crippen molar-refractivity contribution in [2.24, 2.45) is 0 Å².